The van der Waals surface area contributed by atoms with Crippen molar-refractivity contribution in [3.63, 3.8) is 0 Å². The normalized spacial score (nSPS) is 16.8. The van der Waals surface area contributed by atoms with Crippen molar-refractivity contribution in [3.8, 4) is 0 Å². The molecular formula is C13H23N5O. The fraction of sp³-hybridized carbons (Fsp3) is 0.769. The predicted octanol–water partition coefficient (Wildman–Crippen LogP) is 1.27. The Bertz CT molecular complexity index is 434. The average Bonchev–Trinajstić information content (AvgIpc) is 2.71. The number of amides is 1. The van der Waals surface area contributed by atoms with Gasteiger partial charge < -0.3 is 5.32 Å². The van der Waals surface area contributed by atoms with Crippen molar-refractivity contribution in [2.75, 3.05) is 18.4 Å². The third-order valence-electron chi connectivity index (χ3n) is 3.33. The van der Waals surface area contributed by atoms with E-state index in [2.05, 4.69) is 20.7 Å². The second kappa shape index (κ2) is 6.14. The number of piperidine rings is 1. The number of aryl methyl sites for hydroxylation is 1. The van der Waals surface area contributed by atoms with Crippen LogP contribution in [-0.4, -0.2) is 33.8 Å². The minimum Gasteiger partial charge on any atom is -0.317 e. The molecule has 19 heavy (non-hydrogen) atoms. The second-order valence-electron chi connectivity index (χ2n) is 5.59. The Kier molecular flexibility index (Phi) is 4.52. The van der Waals surface area contributed by atoms with Crippen molar-refractivity contribution in [3.05, 3.63) is 5.82 Å². The summed E-state index contributed by atoms with van der Waals surface area (Å²) in [7, 11) is 1.82. The van der Waals surface area contributed by atoms with Gasteiger partial charge in [0.25, 0.3) is 0 Å². The van der Waals surface area contributed by atoms with Crippen LogP contribution >= 0.6 is 0 Å². The lowest BCUT2D eigenvalue weighted by atomic mass is 9.98. The summed E-state index contributed by atoms with van der Waals surface area (Å²) in [4.78, 5) is 16.2. The van der Waals surface area contributed by atoms with Crippen LogP contribution in [0.2, 0.25) is 0 Å². The molecule has 1 aliphatic heterocycles. The van der Waals surface area contributed by atoms with Crippen LogP contribution in [0.1, 0.15) is 44.9 Å². The van der Waals surface area contributed by atoms with E-state index in [9.17, 15) is 4.79 Å². The average molecular weight is 265 g/mol. The number of rotatable bonds is 4. The van der Waals surface area contributed by atoms with E-state index in [0.717, 1.165) is 31.8 Å². The number of aromatic nitrogens is 3. The van der Waals surface area contributed by atoms with E-state index < -0.39 is 0 Å². The van der Waals surface area contributed by atoms with E-state index in [1.807, 2.05) is 20.9 Å². The monoisotopic (exact) mass is 265 g/mol. The summed E-state index contributed by atoms with van der Waals surface area (Å²) in [5, 5.41) is 10.6. The van der Waals surface area contributed by atoms with Gasteiger partial charge in [-0.2, -0.15) is 10.1 Å². The molecule has 0 bridgehead atoms. The van der Waals surface area contributed by atoms with Crippen molar-refractivity contribution < 1.29 is 4.79 Å². The molecule has 1 saturated heterocycles. The van der Waals surface area contributed by atoms with E-state index in [1.54, 1.807) is 4.68 Å². The molecule has 0 saturated carbocycles. The second-order valence-corrected chi connectivity index (χ2v) is 5.59. The topological polar surface area (TPSA) is 71.8 Å². The molecule has 0 aromatic carbocycles. The first-order chi connectivity index (χ1) is 9.06. The summed E-state index contributed by atoms with van der Waals surface area (Å²) in [6.07, 6.45) is 2.63. The first-order valence-electron chi connectivity index (χ1n) is 6.97. The van der Waals surface area contributed by atoms with Gasteiger partial charge in [-0.05, 0) is 31.8 Å². The summed E-state index contributed by atoms with van der Waals surface area (Å²) in [5.41, 5.74) is 0. The first kappa shape index (κ1) is 14.0. The highest BCUT2D eigenvalue weighted by Crippen LogP contribution is 2.23. The molecule has 6 nitrogen and oxygen atoms in total. The van der Waals surface area contributed by atoms with Gasteiger partial charge in [-0.1, -0.05) is 13.8 Å². The molecule has 6 heteroatoms. The Morgan fingerprint density at radius 3 is 2.79 bits per heavy atom. The Balaban J connectivity index is 2.01. The van der Waals surface area contributed by atoms with Crippen LogP contribution in [0.15, 0.2) is 0 Å². The molecule has 1 aromatic heterocycles. The van der Waals surface area contributed by atoms with Crippen LogP contribution in [0.5, 0.6) is 0 Å². The van der Waals surface area contributed by atoms with Crippen LogP contribution in [0, 0.1) is 5.92 Å². The minimum absolute atomic E-state index is 0.00219. The fourth-order valence-corrected chi connectivity index (χ4v) is 2.31. The number of carbonyl (C=O) groups excluding carboxylic acids is 1. The summed E-state index contributed by atoms with van der Waals surface area (Å²) in [6, 6.07) is 0. The van der Waals surface area contributed by atoms with Crippen molar-refractivity contribution in [1.82, 2.24) is 20.1 Å². The van der Waals surface area contributed by atoms with Gasteiger partial charge in [-0.15, -0.1) is 0 Å². The number of anilines is 1. The van der Waals surface area contributed by atoms with Gasteiger partial charge in [0.2, 0.25) is 11.9 Å². The van der Waals surface area contributed by atoms with Crippen LogP contribution in [0.25, 0.3) is 0 Å². The SMILES string of the molecule is CC(C)CC(=O)Nc1nc(C2CCNCC2)nn1C. The number of nitrogens with zero attached hydrogens (tertiary/aromatic N) is 3. The maximum absolute atomic E-state index is 11.8. The standard InChI is InChI=1S/C13H23N5O/c1-9(2)8-11(19)15-13-16-12(17-18(13)3)10-4-6-14-7-5-10/h9-10,14H,4-8H2,1-3H3,(H,15,16,17,19). The molecule has 0 radical (unpaired) electrons. The van der Waals surface area contributed by atoms with E-state index in [-0.39, 0.29) is 5.91 Å². The van der Waals surface area contributed by atoms with E-state index >= 15 is 0 Å². The molecule has 0 spiro atoms. The summed E-state index contributed by atoms with van der Waals surface area (Å²) < 4.78 is 1.66. The van der Waals surface area contributed by atoms with E-state index in [4.69, 9.17) is 0 Å². The highest BCUT2D eigenvalue weighted by atomic mass is 16.1. The fourth-order valence-electron chi connectivity index (χ4n) is 2.31. The highest BCUT2D eigenvalue weighted by molar-refractivity contribution is 5.89. The molecule has 0 unspecified atom stereocenters. The molecule has 1 fully saturated rings. The van der Waals surface area contributed by atoms with E-state index in [0.29, 0.717) is 24.2 Å². The van der Waals surface area contributed by atoms with Gasteiger partial charge in [-0.3, -0.25) is 10.1 Å². The zero-order valence-corrected chi connectivity index (χ0v) is 11.9. The molecule has 1 amide bonds. The van der Waals surface area contributed by atoms with Crippen molar-refractivity contribution >= 4 is 11.9 Å². The predicted molar refractivity (Wildman–Crippen MR) is 73.9 cm³/mol. The zero-order chi connectivity index (χ0) is 13.8. The van der Waals surface area contributed by atoms with Gasteiger partial charge in [0.15, 0.2) is 5.82 Å². The maximum atomic E-state index is 11.8. The quantitative estimate of drug-likeness (QED) is 0.860. The first-order valence-corrected chi connectivity index (χ1v) is 6.97. The lowest BCUT2D eigenvalue weighted by molar-refractivity contribution is -0.116. The Morgan fingerprint density at radius 2 is 2.16 bits per heavy atom. The molecule has 0 atom stereocenters. The molecular weight excluding hydrogens is 242 g/mol. The molecule has 2 rings (SSSR count). The zero-order valence-electron chi connectivity index (χ0n) is 11.9. The van der Waals surface area contributed by atoms with Crippen molar-refractivity contribution in [1.29, 1.82) is 0 Å². The smallest absolute Gasteiger partial charge is 0.227 e. The van der Waals surface area contributed by atoms with Crippen molar-refractivity contribution in [2.24, 2.45) is 13.0 Å². The number of nitrogens with one attached hydrogen (secondary N) is 2. The molecule has 0 aliphatic carbocycles. The third-order valence-corrected chi connectivity index (χ3v) is 3.33. The third kappa shape index (κ3) is 3.76. The number of hydrogen-bond donors (Lipinski definition) is 2. The highest BCUT2D eigenvalue weighted by Gasteiger charge is 2.21. The molecule has 2 heterocycles. The molecule has 1 aromatic rings. The van der Waals surface area contributed by atoms with Crippen LogP contribution in [0.4, 0.5) is 5.95 Å². The lowest BCUT2D eigenvalue weighted by Crippen LogP contribution is -2.27. The van der Waals surface area contributed by atoms with Gasteiger partial charge in [0, 0.05) is 19.4 Å². The van der Waals surface area contributed by atoms with Gasteiger partial charge >= 0.3 is 0 Å². The lowest BCUT2D eigenvalue weighted by Gasteiger charge is -2.19. The molecule has 106 valence electrons. The van der Waals surface area contributed by atoms with Gasteiger partial charge in [-0.25, -0.2) is 4.68 Å². The largest absolute Gasteiger partial charge is 0.317 e. The summed E-state index contributed by atoms with van der Waals surface area (Å²) in [5.74, 6) is 2.16. The molecule has 1 aliphatic rings. The molecule has 2 N–H and O–H groups in total. The van der Waals surface area contributed by atoms with Gasteiger partial charge in [0.1, 0.15) is 0 Å². The van der Waals surface area contributed by atoms with E-state index in [1.165, 1.54) is 0 Å². The van der Waals surface area contributed by atoms with Crippen LogP contribution < -0.4 is 10.6 Å². The summed E-state index contributed by atoms with van der Waals surface area (Å²) in [6.45, 7) is 6.07. The van der Waals surface area contributed by atoms with Crippen molar-refractivity contribution in [2.45, 2.75) is 39.0 Å². The van der Waals surface area contributed by atoms with Gasteiger partial charge in [0.05, 0.1) is 0 Å². The number of carbonyl (C=O) groups is 1. The maximum Gasteiger partial charge on any atom is 0.227 e. The van der Waals surface area contributed by atoms with Crippen LogP contribution in [0.3, 0.4) is 0 Å². The minimum atomic E-state index is 0.00219. The summed E-state index contributed by atoms with van der Waals surface area (Å²) >= 11 is 0. The van der Waals surface area contributed by atoms with Crippen LogP contribution in [-0.2, 0) is 11.8 Å². The Hall–Kier alpha value is -1.43. The Labute approximate surface area is 114 Å². The Morgan fingerprint density at radius 1 is 1.47 bits per heavy atom. The number of hydrogen-bond acceptors (Lipinski definition) is 4.